The fourth-order valence-electron chi connectivity index (χ4n) is 1.59. The van der Waals surface area contributed by atoms with Crippen molar-refractivity contribution in [3.63, 3.8) is 0 Å². The van der Waals surface area contributed by atoms with Gasteiger partial charge in [0.25, 0.3) is 5.91 Å². The topological polar surface area (TPSA) is 42.0 Å². The molecule has 1 aromatic carbocycles. The predicted molar refractivity (Wildman–Crippen MR) is 75.4 cm³/mol. The van der Waals surface area contributed by atoms with Crippen molar-refractivity contribution in [2.24, 2.45) is 0 Å². The van der Waals surface area contributed by atoms with Gasteiger partial charge in [0.1, 0.15) is 0 Å². The van der Waals surface area contributed by atoms with Crippen molar-refractivity contribution >= 4 is 22.4 Å². The van der Waals surface area contributed by atoms with E-state index >= 15 is 0 Å². The SMILES string of the molecule is CCc1ccc(C(=O)Nc2nc(C)c(C)s2)cc1. The summed E-state index contributed by atoms with van der Waals surface area (Å²) in [7, 11) is 0. The fraction of sp³-hybridized carbons (Fsp3) is 0.286. The van der Waals surface area contributed by atoms with Crippen LogP contribution in [0.25, 0.3) is 0 Å². The summed E-state index contributed by atoms with van der Waals surface area (Å²) in [5, 5.41) is 3.49. The third-order valence-corrected chi connectivity index (χ3v) is 3.86. The van der Waals surface area contributed by atoms with Crippen LogP contribution in [0.2, 0.25) is 0 Å². The summed E-state index contributed by atoms with van der Waals surface area (Å²) in [6, 6.07) is 7.66. The summed E-state index contributed by atoms with van der Waals surface area (Å²) >= 11 is 1.50. The lowest BCUT2D eigenvalue weighted by Crippen LogP contribution is -2.11. The molecule has 18 heavy (non-hydrogen) atoms. The summed E-state index contributed by atoms with van der Waals surface area (Å²) in [5.74, 6) is -0.105. The number of hydrogen-bond acceptors (Lipinski definition) is 3. The molecule has 0 aliphatic carbocycles. The zero-order valence-electron chi connectivity index (χ0n) is 10.8. The van der Waals surface area contributed by atoms with Gasteiger partial charge in [-0.05, 0) is 38.0 Å². The Morgan fingerprint density at radius 3 is 2.44 bits per heavy atom. The number of nitrogens with one attached hydrogen (secondary N) is 1. The number of hydrogen-bond donors (Lipinski definition) is 1. The molecule has 0 bridgehead atoms. The first-order valence-corrected chi connectivity index (χ1v) is 6.76. The summed E-state index contributed by atoms with van der Waals surface area (Å²) in [6.45, 7) is 6.03. The molecule has 4 heteroatoms. The molecule has 1 aromatic heterocycles. The number of benzene rings is 1. The summed E-state index contributed by atoms with van der Waals surface area (Å²) in [6.07, 6.45) is 0.979. The summed E-state index contributed by atoms with van der Waals surface area (Å²) < 4.78 is 0. The van der Waals surface area contributed by atoms with Gasteiger partial charge in [-0.1, -0.05) is 19.1 Å². The Kier molecular flexibility index (Phi) is 3.77. The zero-order chi connectivity index (χ0) is 13.1. The van der Waals surface area contributed by atoms with E-state index in [0.717, 1.165) is 17.0 Å². The maximum atomic E-state index is 12.0. The largest absolute Gasteiger partial charge is 0.298 e. The molecule has 2 rings (SSSR count). The number of aryl methyl sites for hydroxylation is 3. The smallest absolute Gasteiger partial charge is 0.257 e. The maximum absolute atomic E-state index is 12.0. The van der Waals surface area contributed by atoms with Crippen LogP contribution < -0.4 is 5.32 Å². The quantitative estimate of drug-likeness (QED) is 0.916. The van der Waals surface area contributed by atoms with Crippen LogP contribution in [-0.2, 0) is 6.42 Å². The summed E-state index contributed by atoms with van der Waals surface area (Å²) in [4.78, 5) is 17.4. The van der Waals surface area contributed by atoms with Crippen molar-refractivity contribution < 1.29 is 4.79 Å². The molecule has 2 aromatic rings. The van der Waals surface area contributed by atoms with Crippen LogP contribution in [0.4, 0.5) is 5.13 Å². The fourth-order valence-corrected chi connectivity index (χ4v) is 2.40. The van der Waals surface area contributed by atoms with Gasteiger partial charge in [0.2, 0.25) is 0 Å². The van der Waals surface area contributed by atoms with Crippen molar-refractivity contribution in [2.75, 3.05) is 5.32 Å². The number of anilines is 1. The van der Waals surface area contributed by atoms with Crippen molar-refractivity contribution in [1.29, 1.82) is 0 Å². The van der Waals surface area contributed by atoms with Gasteiger partial charge >= 0.3 is 0 Å². The van der Waals surface area contributed by atoms with Crippen molar-refractivity contribution in [1.82, 2.24) is 4.98 Å². The monoisotopic (exact) mass is 260 g/mol. The molecule has 0 spiro atoms. The maximum Gasteiger partial charge on any atom is 0.257 e. The Morgan fingerprint density at radius 1 is 1.28 bits per heavy atom. The molecule has 0 aliphatic heterocycles. The van der Waals surface area contributed by atoms with Gasteiger partial charge in [0.15, 0.2) is 5.13 Å². The van der Waals surface area contributed by atoms with E-state index in [1.807, 2.05) is 38.1 Å². The lowest BCUT2D eigenvalue weighted by Gasteiger charge is -2.02. The van der Waals surface area contributed by atoms with E-state index < -0.39 is 0 Å². The van der Waals surface area contributed by atoms with Crippen molar-refractivity contribution in [3.05, 3.63) is 46.0 Å². The van der Waals surface area contributed by atoms with Gasteiger partial charge in [0, 0.05) is 10.4 Å². The molecule has 0 saturated carbocycles. The molecule has 1 heterocycles. The van der Waals surface area contributed by atoms with Gasteiger partial charge < -0.3 is 0 Å². The van der Waals surface area contributed by atoms with Crippen LogP contribution in [-0.4, -0.2) is 10.9 Å². The molecule has 0 radical (unpaired) electrons. The van der Waals surface area contributed by atoms with Crippen molar-refractivity contribution in [2.45, 2.75) is 27.2 Å². The number of thiazole rings is 1. The van der Waals surface area contributed by atoms with E-state index in [1.165, 1.54) is 16.9 Å². The molecule has 0 saturated heterocycles. The van der Waals surface area contributed by atoms with Crippen LogP contribution >= 0.6 is 11.3 Å². The lowest BCUT2D eigenvalue weighted by atomic mass is 10.1. The number of carbonyl (C=O) groups is 1. The Bertz CT molecular complexity index is 538. The second kappa shape index (κ2) is 5.31. The van der Waals surface area contributed by atoms with E-state index in [0.29, 0.717) is 10.7 Å². The molecular weight excluding hydrogens is 244 g/mol. The number of amides is 1. The van der Waals surface area contributed by atoms with Gasteiger partial charge in [-0.25, -0.2) is 4.98 Å². The minimum atomic E-state index is -0.105. The average Bonchev–Trinajstić information content (AvgIpc) is 2.68. The number of carbonyl (C=O) groups excluding carboxylic acids is 1. The highest BCUT2D eigenvalue weighted by Gasteiger charge is 2.09. The van der Waals surface area contributed by atoms with Crippen molar-refractivity contribution in [3.8, 4) is 0 Å². The first-order valence-electron chi connectivity index (χ1n) is 5.94. The second-order valence-corrected chi connectivity index (χ2v) is 5.37. The van der Waals surface area contributed by atoms with Gasteiger partial charge in [-0.15, -0.1) is 11.3 Å². The van der Waals surface area contributed by atoms with Crippen LogP contribution in [0.1, 0.15) is 33.4 Å². The zero-order valence-corrected chi connectivity index (χ0v) is 11.6. The number of rotatable bonds is 3. The Hall–Kier alpha value is -1.68. The first-order chi connectivity index (χ1) is 8.60. The first kappa shape index (κ1) is 12.8. The standard InChI is InChI=1S/C14H16N2OS/c1-4-11-5-7-12(8-6-11)13(17)16-14-15-9(2)10(3)18-14/h5-8H,4H2,1-3H3,(H,15,16,17). The molecule has 0 fully saturated rings. The van der Waals surface area contributed by atoms with E-state index in [2.05, 4.69) is 17.2 Å². The van der Waals surface area contributed by atoms with Crippen LogP contribution in [0.5, 0.6) is 0 Å². The Labute approximate surface area is 111 Å². The van der Waals surface area contributed by atoms with E-state index in [4.69, 9.17) is 0 Å². The number of aromatic nitrogens is 1. The van der Waals surface area contributed by atoms with Crippen LogP contribution in [0.3, 0.4) is 0 Å². The molecule has 1 amide bonds. The van der Waals surface area contributed by atoms with Crippen LogP contribution in [0, 0.1) is 13.8 Å². The molecular formula is C14H16N2OS. The van der Waals surface area contributed by atoms with E-state index in [-0.39, 0.29) is 5.91 Å². The molecule has 94 valence electrons. The molecule has 1 N–H and O–H groups in total. The van der Waals surface area contributed by atoms with Gasteiger partial charge in [-0.3, -0.25) is 10.1 Å². The third-order valence-electron chi connectivity index (χ3n) is 2.87. The lowest BCUT2D eigenvalue weighted by molar-refractivity contribution is 0.102. The highest BCUT2D eigenvalue weighted by Crippen LogP contribution is 2.21. The van der Waals surface area contributed by atoms with E-state index in [9.17, 15) is 4.79 Å². The minimum absolute atomic E-state index is 0.105. The second-order valence-electron chi connectivity index (χ2n) is 4.17. The average molecular weight is 260 g/mol. The highest BCUT2D eigenvalue weighted by molar-refractivity contribution is 7.15. The highest BCUT2D eigenvalue weighted by atomic mass is 32.1. The minimum Gasteiger partial charge on any atom is -0.298 e. The van der Waals surface area contributed by atoms with Crippen LogP contribution in [0.15, 0.2) is 24.3 Å². The van der Waals surface area contributed by atoms with Gasteiger partial charge in [-0.2, -0.15) is 0 Å². The Balaban J connectivity index is 2.11. The van der Waals surface area contributed by atoms with Gasteiger partial charge in [0.05, 0.1) is 5.69 Å². The van der Waals surface area contributed by atoms with E-state index in [1.54, 1.807) is 0 Å². The molecule has 0 aliphatic rings. The predicted octanol–water partition coefficient (Wildman–Crippen LogP) is 3.57. The number of nitrogens with zero attached hydrogens (tertiary/aromatic N) is 1. The molecule has 3 nitrogen and oxygen atoms in total. The third kappa shape index (κ3) is 2.76. The molecule has 0 unspecified atom stereocenters. The molecule has 0 atom stereocenters. The Morgan fingerprint density at radius 2 is 1.94 bits per heavy atom. The normalized spacial score (nSPS) is 10.4. The summed E-state index contributed by atoms with van der Waals surface area (Å²) in [5.41, 5.74) is 2.86.